The lowest BCUT2D eigenvalue weighted by Gasteiger charge is -2.25. The maximum atomic E-state index is 11.4. The summed E-state index contributed by atoms with van der Waals surface area (Å²) in [6, 6.07) is 0. The van der Waals surface area contributed by atoms with Crippen molar-refractivity contribution in [2.45, 2.75) is 0 Å². The number of hydrogen-bond acceptors (Lipinski definition) is 6. The Bertz CT molecular complexity index is 453. The van der Waals surface area contributed by atoms with Gasteiger partial charge in [0.25, 0.3) is 0 Å². The Balaban J connectivity index is 2.17. The Morgan fingerprint density at radius 2 is 2.18 bits per heavy atom. The standard InChI is InChI=1S/C9H11ClN2O3S2/c1-15-8(13)6-7(10)11-9(16-6)12-2-4-17(14)5-3-12/h2-5H2,1H3. The van der Waals surface area contributed by atoms with Crippen LogP contribution in [-0.4, -0.2) is 46.9 Å². The van der Waals surface area contributed by atoms with Gasteiger partial charge in [-0.25, -0.2) is 9.78 Å². The molecule has 1 saturated heterocycles. The van der Waals surface area contributed by atoms with Gasteiger partial charge in [0.15, 0.2) is 15.2 Å². The average Bonchev–Trinajstić information content (AvgIpc) is 2.71. The van der Waals surface area contributed by atoms with E-state index in [-0.39, 0.29) is 5.15 Å². The summed E-state index contributed by atoms with van der Waals surface area (Å²) in [5.41, 5.74) is 0. The van der Waals surface area contributed by atoms with Crippen LogP contribution in [0.5, 0.6) is 0 Å². The fourth-order valence-electron chi connectivity index (χ4n) is 1.47. The molecule has 1 aromatic heterocycles. The third-order valence-corrected chi connectivity index (χ3v) is 5.15. The molecular weight excluding hydrogens is 284 g/mol. The monoisotopic (exact) mass is 294 g/mol. The van der Waals surface area contributed by atoms with Gasteiger partial charge in [0, 0.05) is 35.4 Å². The molecule has 0 unspecified atom stereocenters. The van der Waals surface area contributed by atoms with Crippen molar-refractivity contribution in [3.8, 4) is 0 Å². The number of nitrogens with zero attached hydrogens (tertiary/aromatic N) is 2. The Labute approximate surface area is 110 Å². The maximum Gasteiger partial charge on any atom is 0.351 e. The molecule has 0 saturated carbocycles. The van der Waals surface area contributed by atoms with Gasteiger partial charge in [-0.2, -0.15) is 0 Å². The van der Waals surface area contributed by atoms with Crippen molar-refractivity contribution >= 4 is 44.8 Å². The molecule has 1 aromatic rings. The normalized spacial score (nSPS) is 17.2. The highest BCUT2D eigenvalue weighted by Gasteiger charge is 2.23. The number of carbonyl (C=O) groups excluding carboxylic acids is 1. The smallest absolute Gasteiger partial charge is 0.351 e. The minimum absolute atomic E-state index is 0.170. The number of esters is 1. The van der Waals surface area contributed by atoms with Gasteiger partial charge in [0.05, 0.1) is 7.11 Å². The number of thiazole rings is 1. The molecule has 0 aliphatic carbocycles. The predicted molar refractivity (Wildman–Crippen MR) is 68.6 cm³/mol. The molecule has 0 amide bonds. The topological polar surface area (TPSA) is 59.5 Å². The lowest BCUT2D eigenvalue weighted by molar-refractivity contribution is 0.0606. The second-order valence-electron chi connectivity index (χ2n) is 3.44. The van der Waals surface area contributed by atoms with Crippen LogP contribution in [0.3, 0.4) is 0 Å². The summed E-state index contributed by atoms with van der Waals surface area (Å²) in [5.74, 6) is 0.787. The average molecular weight is 295 g/mol. The van der Waals surface area contributed by atoms with Crippen LogP contribution in [0, 0.1) is 0 Å². The van der Waals surface area contributed by atoms with Gasteiger partial charge in [-0.1, -0.05) is 22.9 Å². The largest absolute Gasteiger partial charge is 0.465 e. The fraction of sp³-hybridized carbons (Fsp3) is 0.556. The Kier molecular flexibility index (Phi) is 4.01. The van der Waals surface area contributed by atoms with Gasteiger partial charge in [0.1, 0.15) is 0 Å². The lowest BCUT2D eigenvalue weighted by Crippen LogP contribution is -2.37. The molecule has 0 spiro atoms. The van der Waals surface area contributed by atoms with E-state index in [9.17, 15) is 9.00 Å². The summed E-state index contributed by atoms with van der Waals surface area (Å²) in [6.45, 7) is 1.36. The second-order valence-corrected chi connectivity index (χ2v) is 6.47. The van der Waals surface area contributed by atoms with Crippen LogP contribution in [0.4, 0.5) is 5.13 Å². The molecular formula is C9H11ClN2O3S2. The lowest BCUT2D eigenvalue weighted by atomic mass is 10.5. The highest BCUT2D eigenvalue weighted by molar-refractivity contribution is 7.85. The number of hydrogen-bond donors (Lipinski definition) is 0. The fourth-order valence-corrected chi connectivity index (χ4v) is 3.78. The van der Waals surface area contributed by atoms with E-state index in [1.54, 1.807) is 0 Å². The third kappa shape index (κ3) is 2.78. The molecule has 0 aromatic carbocycles. The van der Waals surface area contributed by atoms with Gasteiger partial charge in [-0.3, -0.25) is 4.21 Å². The second kappa shape index (κ2) is 5.32. The quantitative estimate of drug-likeness (QED) is 0.766. The summed E-state index contributed by atoms with van der Waals surface area (Å²) in [6.07, 6.45) is 0. The molecule has 1 fully saturated rings. The molecule has 1 aliphatic rings. The van der Waals surface area contributed by atoms with E-state index in [2.05, 4.69) is 9.72 Å². The van der Waals surface area contributed by atoms with Gasteiger partial charge >= 0.3 is 5.97 Å². The van der Waals surface area contributed by atoms with E-state index < -0.39 is 16.8 Å². The first-order chi connectivity index (χ1) is 8.11. The molecule has 94 valence electrons. The van der Waals surface area contributed by atoms with E-state index >= 15 is 0 Å². The van der Waals surface area contributed by atoms with Gasteiger partial charge in [-0.05, 0) is 0 Å². The minimum Gasteiger partial charge on any atom is -0.465 e. The van der Waals surface area contributed by atoms with Crippen LogP contribution >= 0.6 is 22.9 Å². The number of carbonyl (C=O) groups is 1. The van der Waals surface area contributed by atoms with E-state index in [1.165, 1.54) is 18.4 Å². The molecule has 0 atom stereocenters. The highest BCUT2D eigenvalue weighted by atomic mass is 35.5. The van der Waals surface area contributed by atoms with Crippen molar-refractivity contribution in [1.82, 2.24) is 4.98 Å². The number of ether oxygens (including phenoxy) is 1. The van der Waals surface area contributed by atoms with Crippen LogP contribution in [0.25, 0.3) is 0 Å². The van der Waals surface area contributed by atoms with Gasteiger partial charge in [0.2, 0.25) is 0 Å². The van der Waals surface area contributed by atoms with Crippen molar-refractivity contribution in [1.29, 1.82) is 0 Å². The van der Waals surface area contributed by atoms with E-state index in [1.807, 2.05) is 4.90 Å². The highest BCUT2D eigenvalue weighted by Crippen LogP contribution is 2.30. The summed E-state index contributed by atoms with van der Waals surface area (Å²) in [5, 5.41) is 0.857. The van der Waals surface area contributed by atoms with Crippen molar-refractivity contribution in [3.05, 3.63) is 10.0 Å². The summed E-state index contributed by atoms with van der Waals surface area (Å²) in [7, 11) is 0.575. The van der Waals surface area contributed by atoms with Crippen LogP contribution in [0.15, 0.2) is 0 Å². The van der Waals surface area contributed by atoms with Gasteiger partial charge < -0.3 is 9.64 Å². The van der Waals surface area contributed by atoms with Crippen molar-refractivity contribution < 1.29 is 13.7 Å². The molecule has 8 heteroatoms. The Hall–Kier alpha value is -0.660. The zero-order valence-corrected chi connectivity index (χ0v) is 11.5. The minimum atomic E-state index is -0.733. The third-order valence-electron chi connectivity index (χ3n) is 2.39. The zero-order chi connectivity index (χ0) is 12.4. The SMILES string of the molecule is COC(=O)c1sc(N2CCS(=O)CC2)nc1Cl. The number of methoxy groups -OCH3 is 1. The van der Waals surface area contributed by atoms with E-state index in [4.69, 9.17) is 11.6 Å². The number of anilines is 1. The number of rotatable bonds is 2. The summed E-state index contributed by atoms with van der Waals surface area (Å²) in [4.78, 5) is 17.8. The molecule has 2 rings (SSSR count). The molecule has 5 nitrogen and oxygen atoms in total. The molecule has 0 N–H and O–H groups in total. The zero-order valence-electron chi connectivity index (χ0n) is 9.14. The molecule has 1 aliphatic heterocycles. The Morgan fingerprint density at radius 1 is 1.53 bits per heavy atom. The first-order valence-corrected chi connectivity index (χ1v) is 7.64. The first-order valence-electron chi connectivity index (χ1n) is 4.96. The van der Waals surface area contributed by atoms with Crippen LogP contribution in [-0.2, 0) is 15.5 Å². The van der Waals surface area contributed by atoms with Crippen molar-refractivity contribution in [2.75, 3.05) is 36.6 Å². The van der Waals surface area contributed by atoms with Crippen molar-refractivity contribution in [3.63, 3.8) is 0 Å². The van der Waals surface area contributed by atoms with Crippen LogP contribution < -0.4 is 4.90 Å². The summed E-state index contributed by atoms with van der Waals surface area (Å²) < 4.78 is 15.8. The molecule has 0 radical (unpaired) electrons. The molecule has 0 bridgehead atoms. The predicted octanol–water partition coefficient (Wildman–Crippen LogP) is 1.15. The first kappa shape index (κ1) is 12.8. The van der Waals surface area contributed by atoms with Gasteiger partial charge in [-0.15, -0.1) is 0 Å². The van der Waals surface area contributed by atoms with Crippen LogP contribution in [0.2, 0.25) is 5.15 Å². The van der Waals surface area contributed by atoms with E-state index in [0.29, 0.717) is 34.6 Å². The summed E-state index contributed by atoms with van der Waals surface area (Å²) >= 11 is 7.09. The van der Waals surface area contributed by atoms with Crippen molar-refractivity contribution in [2.24, 2.45) is 0 Å². The molecule has 2 heterocycles. The number of halogens is 1. The van der Waals surface area contributed by atoms with Crippen LogP contribution in [0.1, 0.15) is 9.67 Å². The molecule has 17 heavy (non-hydrogen) atoms. The van der Waals surface area contributed by atoms with E-state index in [0.717, 1.165) is 0 Å². The Morgan fingerprint density at radius 3 is 2.76 bits per heavy atom. The maximum absolute atomic E-state index is 11.4. The number of aromatic nitrogens is 1.